The lowest BCUT2D eigenvalue weighted by molar-refractivity contribution is 1.90. The van der Waals surface area contributed by atoms with Crippen LogP contribution in [0, 0.1) is 4.91 Å². The van der Waals surface area contributed by atoms with E-state index in [0.29, 0.717) is 11.2 Å². The zero-order valence-electron chi connectivity index (χ0n) is 1.64. The molecule has 24 valence electrons. The van der Waals surface area contributed by atoms with Crippen molar-refractivity contribution in [3.05, 3.63) is 4.91 Å². The van der Waals surface area contributed by atoms with Gasteiger partial charge in [-0.25, -0.2) is 0 Å². The Morgan fingerprint density at radius 1 is 2.00 bits per heavy atom. The third-order valence-electron chi connectivity index (χ3n) is 0.0282. The van der Waals surface area contributed by atoms with E-state index in [2.05, 4.69) is 15.3 Å². The molecule has 0 aliphatic carbocycles. The largest absolute Gasteiger partial charge is 0.136 e. The second-order valence-corrected chi connectivity index (χ2v) is 0.845. The van der Waals surface area contributed by atoms with Gasteiger partial charge in [0.2, 0.25) is 0 Å². The molecule has 0 aliphatic heterocycles. The molecule has 0 spiro atoms. The molecule has 0 saturated carbocycles. The van der Waals surface area contributed by atoms with Crippen molar-refractivity contribution in [2.24, 2.45) is 4.58 Å². The number of halogens is 1. The normalized spacial score (nSPS) is 6.25. The van der Waals surface area contributed by atoms with Crippen molar-refractivity contribution in [2.75, 3.05) is 0 Å². The lowest BCUT2D eigenvalue weighted by atomic mass is 13.7. The third kappa shape index (κ3) is 2.24. The summed E-state index contributed by atoms with van der Waals surface area (Å²) < 4.78 is 2.17. The monoisotopic (exact) mass is 96.9 g/mol. The summed E-state index contributed by atoms with van der Waals surface area (Å²) in [7, 11) is 4.62. The van der Waals surface area contributed by atoms with E-state index in [9.17, 15) is 0 Å². The third-order valence-corrected chi connectivity index (χ3v) is 0.254. The van der Waals surface area contributed by atoms with E-state index in [1.807, 2.05) is 0 Å². The number of hydrogen-bond acceptors (Lipinski definition) is 3. The SMILES string of the molecule is O=NSCl. The van der Waals surface area contributed by atoms with Gasteiger partial charge in [-0.3, -0.25) is 0 Å². The molecule has 0 N–H and O–H groups in total. The van der Waals surface area contributed by atoms with Crippen molar-refractivity contribution in [1.29, 1.82) is 0 Å². The fraction of sp³-hybridized carbons (Fsp3) is 0. The predicted molar refractivity (Wildman–Crippen MR) is 19.2 cm³/mol. The van der Waals surface area contributed by atoms with Gasteiger partial charge in [-0.05, 0) is 10.7 Å². The van der Waals surface area contributed by atoms with E-state index in [1.165, 1.54) is 0 Å². The summed E-state index contributed by atoms with van der Waals surface area (Å²) >= 11 is 0.398. The molecule has 0 bridgehead atoms. The summed E-state index contributed by atoms with van der Waals surface area (Å²) in [6.45, 7) is 0. The van der Waals surface area contributed by atoms with Crippen molar-refractivity contribution in [1.82, 2.24) is 0 Å². The standard InChI is InChI=1S/ClNOS/c1-4-2-3. The molecule has 0 amide bonds. The molecule has 0 aromatic rings. The van der Waals surface area contributed by atoms with Crippen molar-refractivity contribution in [2.45, 2.75) is 0 Å². The molecular weight excluding hydrogens is 97.5 g/mol. The molecule has 0 aromatic carbocycles. The topological polar surface area (TPSA) is 29.4 Å². The molecule has 4 heteroatoms. The van der Waals surface area contributed by atoms with Gasteiger partial charge < -0.3 is 0 Å². The number of nitrogens with zero attached hydrogens (tertiary/aromatic N) is 1. The Morgan fingerprint density at radius 2 is 2.25 bits per heavy atom. The Balaban J connectivity index is 2.30. The summed E-state index contributed by atoms with van der Waals surface area (Å²) in [6, 6.07) is 0. The van der Waals surface area contributed by atoms with Gasteiger partial charge in [-0.2, -0.15) is 0 Å². The highest BCUT2D eigenvalue weighted by Crippen LogP contribution is 2.03. The van der Waals surface area contributed by atoms with E-state index >= 15 is 0 Å². The zero-order valence-corrected chi connectivity index (χ0v) is 3.21. The van der Waals surface area contributed by atoms with Gasteiger partial charge in [0.15, 0.2) is 0 Å². The summed E-state index contributed by atoms with van der Waals surface area (Å²) in [5, 5.41) is 0. The molecule has 0 aromatic heterocycles. The first-order valence-corrected chi connectivity index (χ1v) is 2.12. The quantitative estimate of drug-likeness (QED) is 0.367. The first-order chi connectivity index (χ1) is 1.91. The van der Waals surface area contributed by atoms with Crippen LogP contribution < -0.4 is 0 Å². The molecule has 0 unspecified atom stereocenters. The van der Waals surface area contributed by atoms with Gasteiger partial charge >= 0.3 is 0 Å². The van der Waals surface area contributed by atoms with Crippen molar-refractivity contribution < 1.29 is 0 Å². The van der Waals surface area contributed by atoms with Crippen LogP contribution in [0.25, 0.3) is 0 Å². The number of rotatable bonds is 1. The van der Waals surface area contributed by atoms with Gasteiger partial charge in [0, 0.05) is 4.58 Å². The summed E-state index contributed by atoms with van der Waals surface area (Å²) in [6.07, 6.45) is 0. The van der Waals surface area contributed by atoms with E-state index in [-0.39, 0.29) is 0 Å². The van der Waals surface area contributed by atoms with Crippen LogP contribution in [-0.2, 0) is 0 Å². The fourth-order valence-corrected chi connectivity index (χ4v) is 0. The lowest BCUT2D eigenvalue weighted by Crippen LogP contribution is -1.10. The van der Waals surface area contributed by atoms with Crippen LogP contribution in [0.3, 0.4) is 0 Å². The van der Waals surface area contributed by atoms with E-state index in [1.54, 1.807) is 0 Å². The van der Waals surface area contributed by atoms with Crippen LogP contribution in [-0.4, -0.2) is 0 Å². The van der Waals surface area contributed by atoms with E-state index in [0.717, 1.165) is 0 Å². The van der Waals surface area contributed by atoms with Crippen LogP contribution in [0.1, 0.15) is 0 Å². The van der Waals surface area contributed by atoms with Crippen molar-refractivity contribution >= 4 is 21.8 Å². The minimum absolute atomic E-state index is 0.398. The maximum atomic E-state index is 8.75. The Morgan fingerprint density at radius 3 is 2.25 bits per heavy atom. The van der Waals surface area contributed by atoms with E-state index < -0.39 is 0 Å². The second kappa shape index (κ2) is 3.24. The summed E-state index contributed by atoms with van der Waals surface area (Å²) in [4.78, 5) is 8.75. The van der Waals surface area contributed by atoms with Crippen LogP contribution in [0.4, 0.5) is 0 Å². The van der Waals surface area contributed by atoms with Gasteiger partial charge in [-0.15, -0.1) is 4.91 Å². The average Bonchev–Trinajstić information content (AvgIpc) is 1.37. The van der Waals surface area contributed by atoms with Crippen molar-refractivity contribution in [3.63, 3.8) is 0 Å². The van der Waals surface area contributed by atoms with Crippen LogP contribution in [0.2, 0.25) is 0 Å². The molecule has 4 heavy (non-hydrogen) atoms. The maximum Gasteiger partial charge on any atom is 0.129 e. The summed E-state index contributed by atoms with van der Waals surface area (Å²) in [5.41, 5.74) is 0. The van der Waals surface area contributed by atoms with Crippen LogP contribution in [0.5, 0.6) is 0 Å². The highest BCUT2D eigenvalue weighted by Gasteiger charge is 1.56. The summed E-state index contributed by atoms with van der Waals surface area (Å²) in [5.74, 6) is 0. The second-order valence-electron chi connectivity index (χ2n) is 0.144. The average molecular weight is 97.5 g/mol. The first kappa shape index (κ1) is 4.24. The molecule has 0 heterocycles. The predicted octanol–water partition coefficient (Wildman–Crippen LogP) is 1.55. The fourth-order valence-electron chi connectivity index (χ4n) is 0. The molecule has 0 fully saturated rings. The smallest absolute Gasteiger partial charge is 0.129 e. The highest BCUT2D eigenvalue weighted by atomic mass is 35.7. The Hall–Kier alpha value is 0.240. The highest BCUT2D eigenvalue weighted by molar-refractivity contribution is 8.19. The van der Waals surface area contributed by atoms with E-state index in [4.69, 9.17) is 4.91 Å². The van der Waals surface area contributed by atoms with Crippen LogP contribution in [0.15, 0.2) is 4.58 Å². The minimum atomic E-state index is 0.398. The Labute approximate surface area is 32.1 Å². The maximum absolute atomic E-state index is 8.75. The number of nitroso groups, excluding NO2 is 1. The Kier molecular flexibility index (Phi) is 3.43. The van der Waals surface area contributed by atoms with Gasteiger partial charge in [0.05, 0.1) is 0 Å². The van der Waals surface area contributed by atoms with Gasteiger partial charge in [0.1, 0.15) is 11.2 Å². The molecule has 2 nitrogen and oxygen atoms in total. The van der Waals surface area contributed by atoms with Gasteiger partial charge in [-0.1, -0.05) is 0 Å². The first-order valence-electron chi connectivity index (χ1n) is 0.519. The molecule has 0 rings (SSSR count). The molecule has 0 radical (unpaired) electrons. The van der Waals surface area contributed by atoms with Crippen LogP contribution >= 0.6 is 21.8 Å². The molecule has 0 atom stereocenters. The number of hydrogen-bond donors (Lipinski definition) is 0. The lowest BCUT2D eigenvalue weighted by Gasteiger charge is -1.46. The molecule has 0 aliphatic rings. The minimum Gasteiger partial charge on any atom is -0.136 e. The molecular formula is ClNOS. The zero-order chi connectivity index (χ0) is 3.41. The molecule has 0 saturated heterocycles. The van der Waals surface area contributed by atoms with Gasteiger partial charge in [0.25, 0.3) is 0 Å². The Bertz CT molecular complexity index is 22.0. The van der Waals surface area contributed by atoms with Crippen molar-refractivity contribution in [3.8, 4) is 0 Å².